The smallest absolute Gasteiger partial charge is 0.0201 e. The molecule has 1 saturated heterocycles. The maximum atomic E-state index is 2.43. The van der Waals surface area contributed by atoms with Gasteiger partial charge in [0.05, 0.1) is 0 Å². The van der Waals surface area contributed by atoms with Crippen molar-refractivity contribution in [3.05, 3.63) is 0 Å². The van der Waals surface area contributed by atoms with Crippen LogP contribution in [0.25, 0.3) is 0 Å². The molecule has 0 amide bonds. The third-order valence-electron chi connectivity index (χ3n) is 2.54. The summed E-state index contributed by atoms with van der Waals surface area (Å²) < 4.78 is 2.41. The molecule has 1 aliphatic heterocycles. The lowest BCUT2D eigenvalue weighted by molar-refractivity contribution is 0.265. The molecule has 0 N–H and O–H groups in total. The van der Waals surface area contributed by atoms with Crippen LogP contribution in [0.4, 0.5) is 0 Å². The SMILES string of the molecule is CN(C)CCC1CCN(I)CC1. The zero-order valence-electron chi connectivity index (χ0n) is 8.09. The van der Waals surface area contributed by atoms with Gasteiger partial charge in [0.1, 0.15) is 0 Å². The molecule has 1 heterocycles. The number of piperidine rings is 1. The van der Waals surface area contributed by atoms with Crippen LogP contribution >= 0.6 is 22.9 Å². The van der Waals surface area contributed by atoms with Crippen LogP contribution in [0, 0.1) is 5.92 Å². The van der Waals surface area contributed by atoms with Crippen molar-refractivity contribution in [2.45, 2.75) is 19.3 Å². The Morgan fingerprint density at radius 2 is 1.92 bits per heavy atom. The number of hydrogen-bond acceptors (Lipinski definition) is 2. The van der Waals surface area contributed by atoms with Crippen LogP contribution in [0.2, 0.25) is 0 Å². The summed E-state index contributed by atoms with van der Waals surface area (Å²) in [6, 6.07) is 0. The zero-order chi connectivity index (χ0) is 8.97. The lowest BCUT2D eigenvalue weighted by Gasteiger charge is -2.28. The molecule has 0 saturated carbocycles. The van der Waals surface area contributed by atoms with Gasteiger partial charge < -0.3 is 4.90 Å². The number of halogens is 1. The van der Waals surface area contributed by atoms with Crippen LogP contribution in [-0.4, -0.2) is 41.7 Å². The summed E-state index contributed by atoms with van der Waals surface area (Å²) in [4.78, 5) is 2.29. The molecular weight excluding hydrogens is 263 g/mol. The van der Waals surface area contributed by atoms with Crippen molar-refractivity contribution in [1.29, 1.82) is 0 Å². The van der Waals surface area contributed by atoms with E-state index >= 15 is 0 Å². The van der Waals surface area contributed by atoms with E-state index in [1.165, 1.54) is 38.9 Å². The number of hydrogen-bond donors (Lipinski definition) is 0. The first-order chi connectivity index (χ1) is 5.68. The lowest BCUT2D eigenvalue weighted by atomic mass is 9.95. The molecule has 3 heteroatoms. The minimum atomic E-state index is 0.985. The van der Waals surface area contributed by atoms with Gasteiger partial charge >= 0.3 is 0 Å². The van der Waals surface area contributed by atoms with Crippen LogP contribution in [-0.2, 0) is 0 Å². The van der Waals surface area contributed by atoms with Crippen LogP contribution in [0.1, 0.15) is 19.3 Å². The summed E-state index contributed by atoms with van der Waals surface area (Å²) in [5.74, 6) is 0.985. The third kappa shape index (κ3) is 4.05. The van der Waals surface area contributed by atoms with Gasteiger partial charge in [0.2, 0.25) is 0 Å². The van der Waals surface area contributed by atoms with Crippen molar-refractivity contribution in [2.75, 3.05) is 33.7 Å². The van der Waals surface area contributed by atoms with Crippen molar-refractivity contribution in [3.63, 3.8) is 0 Å². The molecule has 0 aliphatic carbocycles. The van der Waals surface area contributed by atoms with Crippen molar-refractivity contribution >= 4 is 22.9 Å². The summed E-state index contributed by atoms with van der Waals surface area (Å²) in [5, 5.41) is 0. The van der Waals surface area contributed by atoms with Gasteiger partial charge in [0.25, 0.3) is 0 Å². The van der Waals surface area contributed by atoms with Crippen LogP contribution in [0.3, 0.4) is 0 Å². The normalized spacial score (nSPS) is 22.0. The summed E-state index contributed by atoms with van der Waals surface area (Å²) in [5.41, 5.74) is 0. The fourth-order valence-corrected chi connectivity index (χ4v) is 2.19. The molecule has 0 aromatic heterocycles. The molecule has 0 aromatic rings. The van der Waals surface area contributed by atoms with Crippen molar-refractivity contribution in [3.8, 4) is 0 Å². The maximum absolute atomic E-state index is 2.43. The topological polar surface area (TPSA) is 6.48 Å². The van der Waals surface area contributed by atoms with Gasteiger partial charge in [-0.2, -0.15) is 0 Å². The van der Waals surface area contributed by atoms with Gasteiger partial charge in [-0.15, -0.1) is 0 Å². The van der Waals surface area contributed by atoms with E-state index in [0.717, 1.165) is 5.92 Å². The molecule has 0 atom stereocenters. The Morgan fingerprint density at radius 1 is 1.33 bits per heavy atom. The molecule has 0 bridgehead atoms. The van der Waals surface area contributed by atoms with E-state index < -0.39 is 0 Å². The molecule has 0 unspecified atom stereocenters. The maximum Gasteiger partial charge on any atom is 0.0201 e. The van der Waals surface area contributed by atoms with Crippen LogP contribution in [0.15, 0.2) is 0 Å². The van der Waals surface area contributed by atoms with E-state index in [4.69, 9.17) is 0 Å². The van der Waals surface area contributed by atoms with E-state index in [0.29, 0.717) is 0 Å². The Balaban J connectivity index is 2.09. The standard InChI is InChI=1S/C9H19IN2/c1-11(2)6-3-9-4-7-12(10)8-5-9/h9H,3-8H2,1-2H3. The predicted molar refractivity (Wildman–Crippen MR) is 61.5 cm³/mol. The minimum Gasteiger partial charge on any atom is -0.309 e. The lowest BCUT2D eigenvalue weighted by Crippen LogP contribution is -2.27. The first-order valence-corrected chi connectivity index (χ1v) is 5.70. The van der Waals surface area contributed by atoms with Gasteiger partial charge in [0, 0.05) is 36.0 Å². The highest BCUT2D eigenvalue weighted by Crippen LogP contribution is 2.22. The van der Waals surface area contributed by atoms with E-state index in [1.54, 1.807) is 0 Å². The molecule has 1 rings (SSSR count). The molecule has 0 radical (unpaired) electrons. The van der Waals surface area contributed by atoms with Gasteiger partial charge in [0.15, 0.2) is 0 Å². The summed E-state index contributed by atoms with van der Waals surface area (Å²) in [6.07, 6.45) is 4.19. The Kier molecular flexibility index (Phi) is 4.82. The van der Waals surface area contributed by atoms with Gasteiger partial charge in [-0.1, -0.05) is 0 Å². The fraction of sp³-hybridized carbons (Fsp3) is 1.00. The molecule has 12 heavy (non-hydrogen) atoms. The summed E-state index contributed by atoms with van der Waals surface area (Å²) in [6.45, 7) is 3.84. The molecule has 1 aliphatic rings. The minimum absolute atomic E-state index is 0.985. The number of rotatable bonds is 3. The van der Waals surface area contributed by atoms with E-state index in [1.807, 2.05) is 0 Å². The Labute approximate surface area is 89.8 Å². The highest BCUT2D eigenvalue weighted by Gasteiger charge is 2.16. The highest BCUT2D eigenvalue weighted by molar-refractivity contribution is 14.1. The molecule has 0 aromatic carbocycles. The molecular formula is C9H19IN2. The summed E-state index contributed by atoms with van der Waals surface area (Å²) >= 11 is 2.43. The molecule has 0 spiro atoms. The van der Waals surface area contributed by atoms with Crippen molar-refractivity contribution in [1.82, 2.24) is 8.01 Å². The second-order valence-electron chi connectivity index (χ2n) is 3.95. The monoisotopic (exact) mass is 282 g/mol. The second kappa shape index (κ2) is 5.40. The van der Waals surface area contributed by atoms with Gasteiger partial charge in [-0.25, -0.2) is 3.11 Å². The third-order valence-corrected chi connectivity index (χ3v) is 3.51. The molecule has 2 nitrogen and oxygen atoms in total. The first kappa shape index (κ1) is 10.7. The highest BCUT2D eigenvalue weighted by atomic mass is 127. The zero-order valence-corrected chi connectivity index (χ0v) is 10.2. The first-order valence-electron chi connectivity index (χ1n) is 4.74. The van der Waals surface area contributed by atoms with Crippen molar-refractivity contribution < 1.29 is 0 Å². The molecule has 1 fully saturated rings. The quantitative estimate of drug-likeness (QED) is 0.577. The number of nitrogens with zero attached hydrogens (tertiary/aromatic N) is 2. The second-order valence-corrected chi connectivity index (χ2v) is 5.31. The van der Waals surface area contributed by atoms with Gasteiger partial charge in [-0.3, -0.25) is 0 Å². The average molecular weight is 282 g/mol. The van der Waals surface area contributed by atoms with E-state index in [-0.39, 0.29) is 0 Å². The van der Waals surface area contributed by atoms with Crippen LogP contribution in [0.5, 0.6) is 0 Å². The Bertz CT molecular complexity index is 120. The molecule has 72 valence electrons. The Hall–Kier alpha value is 0.650. The van der Waals surface area contributed by atoms with E-state index in [2.05, 4.69) is 45.0 Å². The predicted octanol–water partition coefficient (Wildman–Crippen LogP) is 2.00. The fourth-order valence-electron chi connectivity index (χ4n) is 1.63. The average Bonchev–Trinajstić information content (AvgIpc) is 2.03. The van der Waals surface area contributed by atoms with Crippen LogP contribution < -0.4 is 0 Å². The Morgan fingerprint density at radius 3 is 2.42 bits per heavy atom. The van der Waals surface area contributed by atoms with Crippen molar-refractivity contribution in [2.24, 2.45) is 5.92 Å². The largest absolute Gasteiger partial charge is 0.309 e. The summed E-state index contributed by atoms with van der Waals surface area (Å²) in [7, 11) is 4.32. The van der Waals surface area contributed by atoms with Gasteiger partial charge in [-0.05, 0) is 45.8 Å². The van der Waals surface area contributed by atoms with E-state index in [9.17, 15) is 0 Å².